The normalized spacial score (nSPS) is 11.0. The second-order valence-electron chi connectivity index (χ2n) is 5.19. The van der Waals surface area contributed by atoms with Gasteiger partial charge in [0.2, 0.25) is 5.88 Å². The van der Waals surface area contributed by atoms with Crippen LogP contribution in [0.4, 0.5) is 0 Å². The lowest BCUT2D eigenvalue weighted by Crippen LogP contribution is -2.00. The zero-order chi connectivity index (χ0) is 15.6. The van der Waals surface area contributed by atoms with Gasteiger partial charge in [0.15, 0.2) is 0 Å². The molecular formula is C18H13N3O2. The largest absolute Gasteiger partial charge is 0.493 e. The highest BCUT2D eigenvalue weighted by Gasteiger charge is 2.07. The van der Waals surface area contributed by atoms with Gasteiger partial charge in [-0.15, -0.1) is 0 Å². The fraction of sp³-hybridized carbons (Fsp3) is 0.0556. The molecule has 2 heterocycles. The Balaban J connectivity index is 1.60. The van der Waals surface area contributed by atoms with Crippen LogP contribution in [0.2, 0.25) is 0 Å². The highest BCUT2D eigenvalue weighted by molar-refractivity contribution is 5.83. The van der Waals surface area contributed by atoms with Gasteiger partial charge < -0.3 is 9.84 Å². The van der Waals surface area contributed by atoms with Gasteiger partial charge >= 0.3 is 6.01 Å². The molecule has 0 aliphatic carbocycles. The number of hydrogen-bond donors (Lipinski definition) is 1. The van der Waals surface area contributed by atoms with E-state index in [1.807, 2.05) is 18.2 Å². The summed E-state index contributed by atoms with van der Waals surface area (Å²) in [7, 11) is 0. The summed E-state index contributed by atoms with van der Waals surface area (Å²) in [5.74, 6) is -0.106. The second-order valence-corrected chi connectivity index (χ2v) is 5.19. The molecule has 1 N–H and O–H groups in total. The Labute approximate surface area is 132 Å². The summed E-state index contributed by atoms with van der Waals surface area (Å²) >= 11 is 0. The van der Waals surface area contributed by atoms with Gasteiger partial charge in [-0.25, -0.2) is 0 Å². The van der Waals surface area contributed by atoms with Crippen LogP contribution in [-0.2, 0) is 6.61 Å². The third kappa shape index (κ3) is 2.64. The maximum atomic E-state index is 9.93. The van der Waals surface area contributed by atoms with Gasteiger partial charge in [0, 0.05) is 6.20 Å². The predicted molar refractivity (Wildman–Crippen MR) is 87.3 cm³/mol. The average Bonchev–Trinajstić information content (AvgIpc) is 2.60. The van der Waals surface area contributed by atoms with Crippen molar-refractivity contribution in [2.45, 2.75) is 6.61 Å². The molecule has 0 fully saturated rings. The van der Waals surface area contributed by atoms with E-state index < -0.39 is 0 Å². The summed E-state index contributed by atoms with van der Waals surface area (Å²) in [5.41, 5.74) is 1.56. The number of aromatic hydroxyl groups is 1. The molecule has 5 nitrogen and oxygen atoms in total. The SMILES string of the molecule is Oc1nc(OCc2ccc3ccccc3c2)nc2cnccc12. The number of pyridine rings is 1. The number of rotatable bonds is 3. The van der Waals surface area contributed by atoms with E-state index in [9.17, 15) is 5.11 Å². The topological polar surface area (TPSA) is 68.1 Å². The zero-order valence-corrected chi connectivity index (χ0v) is 12.2. The molecule has 4 aromatic rings. The third-order valence-electron chi connectivity index (χ3n) is 3.64. The van der Waals surface area contributed by atoms with Crippen molar-refractivity contribution in [3.8, 4) is 11.9 Å². The molecule has 112 valence electrons. The average molecular weight is 303 g/mol. The number of aromatic nitrogens is 3. The Bertz CT molecular complexity index is 1000. The molecule has 2 aromatic heterocycles. The number of benzene rings is 2. The van der Waals surface area contributed by atoms with Crippen LogP contribution in [0, 0.1) is 0 Å². The lowest BCUT2D eigenvalue weighted by molar-refractivity contribution is 0.277. The molecule has 5 heteroatoms. The molecule has 0 bridgehead atoms. The monoisotopic (exact) mass is 303 g/mol. The molecule has 0 aliphatic heterocycles. The van der Waals surface area contributed by atoms with Crippen LogP contribution in [0.15, 0.2) is 60.9 Å². The smallest absolute Gasteiger partial charge is 0.320 e. The van der Waals surface area contributed by atoms with Crippen LogP contribution in [0.3, 0.4) is 0 Å². The molecule has 0 aliphatic rings. The fourth-order valence-corrected chi connectivity index (χ4v) is 2.48. The minimum atomic E-state index is -0.106. The zero-order valence-electron chi connectivity index (χ0n) is 12.2. The van der Waals surface area contributed by atoms with Crippen molar-refractivity contribution in [3.63, 3.8) is 0 Å². The van der Waals surface area contributed by atoms with Crippen LogP contribution in [0.25, 0.3) is 21.7 Å². The quantitative estimate of drug-likeness (QED) is 0.627. The Morgan fingerprint density at radius 2 is 1.83 bits per heavy atom. The van der Waals surface area contributed by atoms with Crippen molar-refractivity contribution < 1.29 is 9.84 Å². The first-order chi connectivity index (χ1) is 11.3. The maximum absolute atomic E-state index is 9.93. The van der Waals surface area contributed by atoms with E-state index in [2.05, 4.69) is 39.2 Å². The highest BCUT2D eigenvalue weighted by atomic mass is 16.5. The Morgan fingerprint density at radius 3 is 2.74 bits per heavy atom. The molecule has 0 amide bonds. The lowest BCUT2D eigenvalue weighted by Gasteiger charge is -2.07. The number of hydrogen-bond acceptors (Lipinski definition) is 5. The number of ether oxygens (including phenoxy) is 1. The van der Waals surface area contributed by atoms with Gasteiger partial charge in [-0.1, -0.05) is 36.4 Å². The van der Waals surface area contributed by atoms with Crippen LogP contribution in [-0.4, -0.2) is 20.1 Å². The van der Waals surface area contributed by atoms with E-state index in [-0.39, 0.29) is 11.9 Å². The first-order valence-electron chi connectivity index (χ1n) is 7.21. The molecule has 0 saturated heterocycles. The highest BCUT2D eigenvalue weighted by Crippen LogP contribution is 2.23. The van der Waals surface area contributed by atoms with E-state index >= 15 is 0 Å². The Morgan fingerprint density at radius 1 is 0.957 bits per heavy atom. The van der Waals surface area contributed by atoms with Gasteiger partial charge in [-0.2, -0.15) is 9.97 Å². The molecule has 0 unspecified atom stereocenters. The van der Waals surface area contributed by atoms with Crippen LogP contribution in [0.5, 0.6) is 11.9 Å². The Hall–Kier alpha value is -3.21. The summed E-state index contributed by atoms with van der Waals surface area (Å²) in [6, 6.07) is 16.1. The maximum Gasteiger partial charge on any atom is 0.320 e. The minimum absolute atomic E-state index is 0.106. The molecule has 0 atom stereocenters. The number of fused-ring (bicyclic) bond motifs is 2. The van der Waals surface area contributed by atoms with E-state index in [4.69, 9.17) is 4.74 Å². The summed E-state index contributed by atoms with van der Waals surface area (Å²) in [4.78, 5) is 12.2. The van der Waals surface area contributed by atoms with Gasteiger partial charge in [0.05, 0.1) is 17.1 Å². The third-order valence-corrected chi connectivity index (χ3v) is 3.64. The van der Waals surface area contributed by atoms with Crippen LogP contribution < -0.4 is 4.74 Å². The first kappa shape index (κ1) is 13.5. The van der Waals surface area contributed by atoms with Crippen molar-refractivity contribution in [2.24, 2.45) is 0 Å². The van der Waals surface area contributed by atoms with Crippen molar-refractivity contribution >= 4 is 21.7 Å². The molecule has 0 spiro atoms. The first-order valence-corrected chi connectivity index (χ1v) is 7.21. The summed E-state index contributed by atoms with van der Waals surface area (Å²) in [6.07, 6.45) is 3.15. The lowest BCUT2D eigenvalue weighted by atomic mass is 10.1. The van der Waals surface area contributed by atoms with E-state index in [1.165, 1.54) is 5.39 Å². The molecule has 0 radical (unpaired) electrons. The molecule has 0 saturated carbocycles. The second kappa shape index (κ2) is 5.53. The van der Waals surface area contributed by atoms with Crippen LogP contribution in [0.1, 0.15) is 5.56 Å². The summed E-state index contributed by atoms with van der Waals surface area (Å²) in [5, 5.41) is 12.8. The molecular weight excluding hydrogens is 290 g/mol. The van der Waals surface area contributed by atoms with Crippen molar-refractivity contribution in [2.75, 3.05) is 0 Å². The van der Waals surface area contributed by atoms with E-state index in [0.717, 1.165) is 10.9 Å². The van der Waals surface area contributed by atoms with Gasteiger partial charge in [-0.3, -0.25) is 4.98 Å². The van der Waals surface area contributed by atoms with E-state index in [1.54, 1.807) is 18.5 Å². The summed E-state index contributed by atoms with van der Waals surface area (Å²) < 4.78 is 5.62. The van der Waals surface area contributed by atoms with Gasteiger partial charge in [0.1, 0.15) is 6.61 Å². The molecule has 2 aromatic carbocycles. The van der Waals surface area contributed by atoms with Crippen molar-refractivity contribution in [1.82, 2.24) is 15.0 Å². The Kier molecular flexibility index (Phi) is 3.24. The van der Waals surface area contributed by atoms with Crippen LogP contribution >= 0.6 is 0 Å². The molecule has 23 heavy (non-hydrogen) atoms. The van der Waals surface area contributed by atoms with Crippen molar-refractivity contribution in [3.05, 3.63) is 66.5 Å². The van der Waals surface area contributed by atoms with Crippen molar-refractivity contribution in [1.29, 1.82) is 0 Å². The summed E-state index contributed by atoms with van der Waals surface area (Å²) in [6.45, 7) is 0.329. The standard InChI is InChI=1S/C18H13N3O2/c22-17-15-7-8-19-10-16(15)20-18(21-17)23-11-12-5-6-13-3-1-2-4-14(13)9-12/h1-10H,11H2,(H,20,21,22). The van der Waals surface area contributed by atoms with Gasteiger partial charge in [-0.05, 0) is 28.5 Å². The minimum Gasteiger partial charge on any atom is -0.493 e. The predicted octanol–water partition coefficient (Wildman–Crippen LogP) is 3.46. The van der Waals surface area contributed by atoms with E-state index in [0.29, 0.717) is 17.5 Å². The molecule has 4 rings (SSSR count). The van der Waals surface area contributed by atoms with Gasteiger partial charge in [0.25, 0.3) is 0 Å². The number of nitrogens with zero attached hydrogens (tertiary/aromatic N) is 3. The fourth-order valence-electron chi connectivity index (χ4n) is 2.48.